The van der Waals surface area contributed by atoms with Crippen LogP contribution in [0.25, 0.3) is 0 Å². The maximum absolute atomic E-state index is 14.3. The first kappa shape index (κ1) is 27.6. The Morgan fingerprint density at radius 3 is 2.11 bits per heavy atom. The Bertz CT molecular complexity index is 1210. The minimum atomic E-state index is -3.23. The molecule has 0 spiro atoms. The van der Waals surface area contributed by atoms with Gasteiger partial charge in [0.05, 0.1) is 6.26 Å². The van der Waals surface area contributed by atoms with Crippen molar-refractivity contribution in [2.75, 3.05) is 25.9 Å². The molecule has 1 aromatic heterocycles. The van der Waals surface area contributed by atoms with E-state index in [2.05, 4.69) is 33.5 Å². The first-order valence-electron chi connectivity index (χ1n) is 14.1. The molecule has 0 amide bonds. The third kappa shape index (κ3) is 5.68. The number of aryl methyl sites for hydroxylation is 1. The van der Waals surface area contributed by atoms with Crippen molar-refractivity contribution in [2.45, 2.75) is 95.7 Å². The molecule has 10 heteroatoms. The van der Waals surface area contributed by atoms with Crippen LogP contribution in [0.3, 0.4) is 0 Å². The van der Waals surface area contributed by atoms with Crippen molar-refractivity contribution in [2.24, 2.45) is 5.92 Å². The SMILES string of the molecule is Cc1nnc(C(C)C)n1C1CC2CCC(C1)N2CC[C@@H](c1cc(F)cc(F)c1)C1CCN(S(C)(=O)=O)CC1. The van der Waals surface area contributed by atoms with Crippen molar-refractivity contribution >= 4 is 10.0 Å². The van der Waals surface area contributed by atoms with Gasteiger partial charge in [0.1, 0.15) is 23.3 Å². The van der Waals surface area contributed by atoms with Gasteiger partial charge in [-0.25, -0.2) is 21.5 Å². The lowest BCUT2D eigenvalue weighted by molar-refractivity contribution is 0.0962. The summed E-state index contributed by atoms with van der Waals surface area (Å²) in [6.07, 6.45) is 7.95. The summed E-state index contributed by atoms with van der Waals surface area (Å²) >= 11 is 0. The molecular weight excluding hydrogens is 508 g/mol. The number of hydrogen-bond acceptors (Lipinski definition) is 5. The number of halogens is 2. The van der Waals surface area contributed by atoms with Crippen LogP contribution in [-0.4, -0.2) is 70.4 Å². The van der Waals surface area contributed by atoms with E-state index in [0.29, 0.717) is 55.5 Å². The normalized spacial score (nSPS) is 26.3. The maximum atomic E-state index is 14.3. The topological polar surface area (TPSA) is 71.3 Å². The van der Waals surface area contributed by atoms with Crippen LogP contribution in [0.1, 0.15) is 93.9 Å². The molecule has 5 rings (SSSR count). The van der Waals surface area contributed by atoms with Crippen molar-refractivity contribution in [3.63, 3.8) is 0 Å². The predicted molar refractivity (Wildman–Crippen MR) is 143 cm³/mol. The Labute approximate surface area is 225 Å². The fraction of sp³-hybridized carbons (Fsp3) is 0.714. The van der Waals surface area contributed by atoms with Gasteiger partial charge in [-0.3, -0.25) is 4.90 Å². The van der Waals surface area contributed by atoms with E-state index in [1.54, 1.807) is 0 Å². The van der Waals surface area contributed by atoms with E-state index >= 15 is 0 Å². The Hall–Kier alpha value is -1.91. The quantitative estimate of drug-likeness (QED) is 0.463. The van der Waals surface area contributed by atoms with Gasteiger partial charge in [0.15, 0.2) is 0 Å². The lowest BCUT2D eigenvalue weighted by Crippen LogP contribution is -2.45. The molecule has 0 radical (unpaired) electrons. The van der Waals surface area contributed by atoms with Crippen LogP contribution in [-0.2, 0) is 10.0 Å². The molecule has 0 saturated carbocycles. The number of aromatic nitrogens is 3. The van der Waals surface area contributed by atoms with Crippen LogP contribution in [0.4, 0.5) is 8.78 Å². The molecule has 0 aliphatic carbocycles. The zero-order valence-corrected chi connectivity index (χ0v) is 23.8. The molecule has 2 unspecified atom stereocenters. The number of fused-ring (bicyclic) bond motifs is 2. The highest BCUT2D eigenvalue weighted by molar-refractivity contribution is 7.88. The largest absolute Gasteiger partial charge is 0.312 e. The van der Waals surface area contributed by atoms with E-state index in [-0.39, 0.29) is 11.8 Å². The summed E-state index contributed by atoms with van der Waals surface area (Å²) < 4.78 is 56.5. The second-order valence-electron chi connectivity index (χ2n) is 12.0. The van der Waals surface area contributed by atoms with Gasteiger partial charge in [0.2, 0.25) is 10.0 Å². The number of benzene rings is 1. The summed E-state index contributed by atoms with van der Waals surface area (Å²) in [5.41, 5.74) is 0.698. The predicted octanol–water partition coefficient (Wildman–Crippen LogP) is 5.00. The van der Waals surface area contributed by atoms with Crippen LogP contribution < -0.4 is 0 Å². The Balaban J connectivity index is 1.31. The smallest absolute Gasteiger partial charge is 0.211 e. The van der Waals surface area contributed by atoms with Gasteiger partial charge in [-0.15, -0.1) is 10.2 Å². The van der Waals surface area contributed by atoms with Crippen LogP contribution in [0.2, 0.25) is 0 Å². The first-order chi connectivity index (χ1) is 18.0. The molecular formula is C28H41F2N5O2S. The summed E-state index contributed by atoms with van der Waals surface area (Å²) in [4.78, 5) is 2.64. The Kier molecular flexibility index (Phi) is 7.95. The van der Waals surface area contributed by atoms with Gasteiger partial charge in [-0.05, 0) is 87.9 Å². The minimum absolute atomic E-state index is 0.00771. The molecule has 4 heterocycles. The molecule has 2 aromatic rings. The zero-order valence-electron chi connectivity index (χ0n) is 23.0. The van der Waals surface area contributed by atoms with Gasteiger partial charge in [0.25, 0.3) is 0 Å². The number of sulfonamides is 1. The zero-order chi connectivity index (χ0) is 27.2. The lowest BCUT2D eigenvalue weighted by atomic mass is 9.78. The molecule has 210 valence electrons. The maximum Gasteiger partial charge on any atom is 0.211 e. The van der Waals surface area contributed by atoms with Crippen LogP contribution in [0.15, 0.2) is 18.2 Å². The summed E-state index contributed by atoms with van der Waals surface area (Å²) in [5.74, 6) is 1.46. The highest BCUT2D eigenvalue weighted by Crippen LogP contribution is 2.44. The van der Waals surface area contributed by atoms with Crippen molar-refractivity contribution in [1.29, 1.82) is 0 Å². The monoisotopic (exact) mass is 549 g/mol. The molecule has 3 aliphatic heterocycles. The van der Waals surface area contributed by atoms with Crippen LogP contribution in [0, 0.1) is 24.5 Å². The second-order valence-corrected chi connectivity index (χ2v) is 14.0. The Morgan fingerprint density at radius 2 is 1.55 bits per heavy atom. The molecule has 3 aliphatic rings. The van der Waals surface area contributed by atoms with Crippen LogP contribution >= 0.6 is 0 Å². The van der Waals surface area contributed by atoms with E-state index in [1.165, 1.54) is 35.5 Å². The molecule has 1 aromatic carbocycles. The summed E-state index contributed by atoms with van der Waals surface area (Å²) in [6, 6.07) is 5.25. The highest BCUT2D eigenvalue weighted by Gasteiger charge is 2.42. The molecule has 2 bridgehead atoms. The van der Waals surface area contributed by atoms with Gasteiger partial charge in [0, 0.05) is 43.2 Å². The standard InChI is InChI=1S/C28H41F2N5O2S/c1-18(2)28-32-31-19(3)35(28)26-16-24-5-6-25(17-26)34(24)12-9-27(21-13-22(29)15-23(30)14-21)20-7-10-33(11-8-20)38(4,36)37/h13-15,18,20,24-27H,5-12,16-17H2,1-4H3/t24?,25?,26?,27-/m1/s1. The van der Waals surface area contributed by atoms with Gasteiger partial charge in [-0.1, -0.05) is 13.8 Å². The van der Waals surface area contributed by atoms with E-state index in [1.807, 2.05) is 6.92 Å². The molecule has 3 atom stereocenters. The molecule has 38 heavy (non-hydrogen) atoms. The fourth-order valence-corrected chi connectivity index (χ4v) is 8.29. The van der Waals surface area contributed by atoms with Gasteiger partial charge >= 0.3 is 0 Å². The van der Waals surface area contributed by atoms with E-state index in [0.717, 1.165) is 43.5 Å². The second kappa shape index (κ2) is 10.9. The van der Waals surface area contributed by atoms with E-state index in [4.69, 9.17) is 0 Å². The van der Waals surface area contributed by atoms with Gasteiger partial charge < -0.3 is 4.57 Å². The molecule has 3 saturated heterocycles. The van der Waals surface area contributed by atoms with Crippen LogP contribution in [0.5, 0.6) is 0 Å². The van der Waals surface area contributed by atoms with E-state index in [9.17, 15) is 17.2 Å². The number of piperidine rings is 2. The molecule has 0 N–H and O–H groups in total. The summed E-state index contributed by atoms with van der Waals surface area (Å²) in [7, 11) is -3.23. The number of hydrogen-bond donors (Lipinski definition) is 0. The van der Waals surface area contributed by atoms with Crippen molar-refractivity contribution in [3.8, 4) is 0 Å². The number of nitrogens with zero attached hydrogens (tertiary/aromatic N) is 5. The summed E-state index contributed by atoms with van der Waals surface area (Å²) in [6.45, 7) is 8.19. The average Bonchev–Trinajstić information content (AvgIpc) is 3.34. The van der Waals surface area contributed by atoms with Gasteiger partial charge in [-0.2, -0.15) is 0 Å². The molecule has 3 fully saturated rings. The fourth-order valence-electron chi connectivity index (χ4n) is 7.41. The minimum Gasteiger partial charge on any atom is -0.312 e. The summed E-state index contributed by atoms with van der Waals surface area (Å²) in [5, 5.41) is 8.84. The third-order valence-electron chi connectivity index (χ3n) is 9.18. The lowest BCUT2D eigenvalue weighted by Gasteiger charge is -2.42. The average molecular weight is 550 g/mol. The first-order valence-corrected chi connectivity index (χ1v) is 15.9. The third-order valence-corrected chi connectivity index (χ3v) is 10.5. The van der Waals surface area contributed by atoms with Crippen molar-refractivity contribution in [3.05, 3.63) is 47.0 Å². The molecule has 7 nitrogen and oxygen atoms in total. The number of rotatable bonds is 8. The Morgan fingerprint density at radius 1 is 0.947 bits per heavy atom. The van der Waals surface area contributed by atoms with Crippen molar-refractivity contribution < 1.29 is 17.2 Å². The van der Waals surface area contributed by atoms with Crippen molar-refractivity contribution in [1.82, 2.24) is 24.0 Å². The van der Waals surface area contributed by atoms with E-state index < -0.39 is 21.7 Å². The highest BCUT2D eigenvalue weighted by atomic mass is 32.2.